The Morgan fingerprint density at radius 2 is 2.04 bits per heavy atom. The van der Waals surface area contributed by atoms with Gasteiger partial charge in [0, 0.05) is 22.0 Å². The number of fused-ring (bicyclic) bond motifs is 1. The van der Waals surface area contributed by atoms with Crippen molar-refractivity contribution in [3.05, 3.63) is 64.6 Å². The molecule has 6 heteroatoms. The van der Waals surface area contributed by atoms with Crippen LogP contribution in [-0.2, 0) is 0 Å². The number of aryl methyl sites for hydroxylation is 1. The lowest BCUT2D eigenvalue weighted by Gasteiger charge is -2.05. The largest absolute Gasteiger partial charge is 0.321 e. The van der Waals surface area contributed by atoms with Crippen LogP contribution in [0, 0.1) is 6.92 Å². The maximum absolute atomic E-state index is 12.5. The van der Waals surface area contributed by atoms with Crippen molar-refractivity contribution in [1.82, 2.24) is 15.2 Å². The minimum absolute atomic E-state index is 0.237. The highest BCUT2D eigenvalue weighted by Gasteiger charge is 2.14. The van der Waals surface area contributed by atoms with Crippen molar-refractivity contribution in [2.45, 2.75) is 6.92 Å². The number of hydrogen-bond donors (Lipinski definition) is 2. The van der Waals surface area contributed by atoms with Gasteiger partial charge in [-0.25, -0.2) is 4.98 Å². The van der Waals surface area contributed by atoms with E-state index >= 15 is 0 Å². The Labute approximate surface area is 142 Å². The number of benzene rings is 2. The van der Waals surface area contributed by atoms with Gasteiger partial charge in [0.05, 0.1) is 16.2 Å². The Kier molecular flexibility index (Phi) is 3.59. The lowest BCUT2D eigenvalue weighted by Crippen LogP contribution is -2.12. The van der Waals surface area contributed by atoms with E-state index in [1.165, 1.54) is 0 Å². The van der Waals surface area contributed by atoms with Crippen molar-refractivity contribution >= 4 is 33.8 Å². The van der Waals surface area contributed by atoms with Crippen molar-refractivity contribution in [2.24, 2.45) is 0 Å². The molecule has 24 heavy (non-hydrogen) atoms. The Morgan fingerprint density at radius 1 is 1.17 bits per heavy atom. The van der Waals surface area contributed by atoms with Crippen LogP contribution in [0.3, 0.4) is 0 Å². The third kappa shape index (κ3) is 2.68. The summed E-state index contributed by atoms with van der Waals surface area (Å²) in [6.45, 7) is 1.97. The second-order valence-electron chi connectivity index (χ2n) is 5.40. The number of nitrogens with zero attached hydrogens (tertiary/aromatic N) is 2. The van der Waals surface area contributed by atoms with Gasteiger partial charge >= 0.3 is 0 Å². The van der Waals surface area contributed by atoms with Crippen LogP contribution in [0.2, 0.25) is 0 Å². The maximum atomic E-state index is 12.5. The first-order valence-corrected chi connectivity index (χ1v) is 8.36. The minimum atomic E-state index is -0.237. The molecule has 4 rings (SSSR count). The second-order valence-corrected chi connectivity index (χ2v) is 6.47. The van der Waals surface area contributed by atoms with Gasteiger partial charge in [-0.1, -0.05) is 30.3 Å². The van der Waals surface area contributed by atoms with Gasteiger partial charge in [-0.15, -0.1) is 11.3 Å². The molecule has 0 saturated heterocycles. The number of anilines is 1. The third-order valence-electron chi connectivity index (χ3n) is 3.72. The van der Waals surface area contributed by atoms with E-state index in [-0.39, 0.29) is 5.91 Å². The Hall–Kier alpha value is -2.99. The monoisotopic (exact) mass is 334 g/mol. The SMILES string of the molecule is Cc1nc(-c2cccc(NC(=O)c3n[nH]c4ccccc34)c2)cs1. The molecule has 0 bridgehead atoms. The van der Waals surface area contributed by atoms with Gasteiger partial charge in [-0.3, -0.25) is 9.89 Å². The molecule has 0 radical (unpaired) electrons. The van der Waals surface area contributed by atoms with Crippen molar-refractivity contribution in [2.75, 3.05) is 5.32 Å². The van der Waals surface area contributed by atoms with Crippen LogP contribution >= 0.6 is 11.3 Å². The van der Waals surface area contributed by atoms with E-state index < -0.39 is 0 Å². The van der Waals surface area contributed by atoms with Crippen molar-refractivity contribution in [3.63, 3.8) is 0 Å². The van der Waals surface area contributed by atoms with Crippen LogP contribution in [0.15, 0.2) is 53.9 Å². The number of aromatic nitrogens is 3. The van der Waals surface area contributed by atoms with Crippen LogP contribution in [0.4, 0.5) is 5.69 Å². The standard InChI is InChI=1S/C18H14N4OS/c1-11-19-16(10-24-11)12-5-4-6-13(9-12)20-18(23)17-14-7-2-3-8-15(14)21-22-17/h2-10H,1H3,(H,20,23)(H,21,22). The molecule has 0 aliphatic heterocycles. The first kappa shape index (κ1) is 14.6. The predicted molar refractivity (Wildman–Crippen MR) is 96.3 cm³/mol. The van der Waals surface area contributed by atoms with E-state index in [2.05, 4.69) is 20.5 Å². The number of amides is 1. The number of hydrogen-bond acceptors (Lipinski definition) is 4. The van der Waals surface area contributed by atoms with E-state index in [1.807, 2.05) is 60.8 Å². The van der Waals surface area contributed by atoms with Crippen molar-refractivity contribution in [1.29, 1.82) is 0 Å². The van der Waals surface area contributed by atoms with Crippen LogP contribution in [-0.4, -0.2) is 21.1 Å². The molecule has 0 unspecified atom stereocenters. The number of para-hydroxylation sites is 1. The highest BCUT2D eigenvalue weighted by atomic mass is 32.1. The third-order valence-corrected chi connectivity index (χ3v) is 4.49. The van der Waals surface area contributed by atoms with Gasteiger partial charge in [0.1, 0.15) is 0 Å². The summed E-state index contributed by atoms with van der Waals surface area (Å²) in [6, 6.07) is 15.2. The normalized spacial score (nSPS) is 10.9. The molecule has 0 fully saturated rings. The fraction of sp³-hybridized carbons (Fsp3) is 0.0556. The van der Waals surface area contributed by atoms with E-state index in [0.29, 0.717) is 5.69 Å². The van der Waals surface area contributed by atoms with E-state index in [4.69, 9.17) is 0 Å². The Morgan fingerprint density at radius 3 is 2.88 bits per heavy atom. The molecule has 2 aromatic heterocycles. The maximum Gasteiger partial charge on any atom is 0.276 e. The highest BCUT2D eigenvalue weighted by molar-refractivity contribution is 7.09. The predicted octanol–water partition coefficient (Wildman–Crippen LogP) is 4.25. The zero-order valence-electron chi connectivity index (χ0n) is 12.9. The van der Waals surface area contributed by atoms with E-state index in [1.54, 1.807) is 11.3 Å². The van der Waals surface area contributed by atoms with Crippen LogP contribution in [0.5, 0.6) is 0 Å². The Balaban J connectivity index is 1.62. The smallest absolute Gasteiger partial charge is 0.276 e. The zero-order chi connectivity index (χ0) is 16.5. The van der Waals surface area contributed by atoms with E-state index in [9.17, 15) is 4.79 Å². The molecule has 118 valence electrons. The average molecular weight is 334 g/mol. The summed E-state index contributed by atoms with van der Waals surface area (Å²) in [5.74, 6) is -0.237. The summed E-state index contributed by atoms with van der Waals surface area (Å²) in [5.41, 5.74) is 3.84. The number of thiazole rings is 1. The van der Waals surface area contributed by atoms with Gasteiger partial charge in [-0.05, 0) is 25.1 Å². The quantitative estimate of drug-likeness (QED) is 0.588. The topological polar surface area (TPSA) is 70.7 Å². The van der Waals surface area contributed by atoms with Crippen molar-refractivity contribution < 1.29 is 4.79 Å². The molecule has 2 aromatic carbocycles. The van der Waals surface area contributed by atoms with Crippen LogP contribution in [0.25, 0.3) is 22.2 Å². The van der Waals surface area contributed by atoms with Gasteiger partial charge in [0.25, 0.3) is 5.91 Å². The fourth-order valence-electron chi connectivity index (χ4n) is 2.58. The van der Waals surface area contributed by atoms with Crippen LogP contribution in [0.1, 0.15) is 15.5 Å². The molecule has 0 atom stereocenters. The number of carbonyl (C=O) groups excluding carboxylic acids is 1. The van der Waals surface area contributed by atoms with Gasteiger partial charge in [-0.2, -0.15) is 5.10 Å². The molecule has 0 saturated carbocycles. The number of carbonyl (C=O) groups is 1. The summed E-state index contributed by atoms with van der Waals surface area (Å²) in [5, 5.41) is 13.7. The first-order chi connectivity index (χ1) is 11.7. The number of nitrogens with one attached hydrogen (secondary N) is 2. The molecule has 2 heterocycles. The highest BCUT2D eigenvalue weighted by Crippen LogP contribution is 2.25. The zero-order valence-corrected chi connectivity index (χ0v) is 13.7. The fourth-order valence-corrected chi connectivity index (χ4v) is 3.20. The lowest BCUT2D eigenvalue weighted by molar-refractivity contribution is 0.102. The molecular formula is C18H14N4OS. The van der Waals surface area contributed by atoms with Crippen LogP contribution < -0.4 is 5.32 Å². The average Bonchev–Trinajstić information content (AvgIpc) is 3.21. The molecule has 1 amide bonds. The Bertz CT molecular complexity index is 1030. The summed E-state index contributed by atoms with van der Waals surface area (Å²) in [7, 11) is 0. The molecular weight excluding hydrogens is 320 g/mol. The molecule has 0 aliphatic rings. The molecule has 0 spiro atoms. The van der Waals surface area contributed by atoms with Gasteiger partial charge in [0.2, 0.25) is 0 Å². The number of rotatable bonds is 3. The summed E-state index contributed by atoms with van der Waals surface area (Å²) in [4.78, 5) is 17.0. The molecule has 5 nitrogen and oxygen atoms in total. The minimum Gasteiger partial charge on any atom is -0.321 e. The second kappa shape index (κ2) is 5.90. The molecule has 4 aromatic rings. The number of aromatic amines is 1. The van der Waals surface area contributed by atoms with Crippen molar-refractivity contribution in [3.8, 4) is 11.3 Å². The lowest BCUT2D eigenvalue weighted by atomic mass is 10.1. The first-order valence-electron chi connectivity index (χ1n) is 7.48. The molecule has 2 N–H and O–H groups in total. The van der Waals surface area contributed by atoms with Gasteiger partial charge < -0.3 is 5.32 Å². The summed E-state index contributed by atoms with van der Waals surface area (Å²) >= 11 is 1.61. The molecule has 0 aliphatic carbocycles. The summed E-state index contributed by atoms with van der Waals surface area (Å²) < 4.78 is 0. The summed E-state index contributed by atoms with van der Waals surface area (Å²) in [6.07, 6.45) is 0. The number of H-pyrrole nitrogens is 1. The van der Waals surface area contributed by atoms with Gasteiger partial charge in [0.15, 0.2) is 5.69 Å². The van der Waals surface area contributed by atoms with E-state index in [0.717, 1.165) is 32.9 Å².